The summed E-state index contributed by atoms with van der Waals surface area (Å²) in [5.74, 6) is 0.956. The summed E-state index contributed by atoms with van der Waals surface area (Å²) in [6.45, 7) is 0.760. The van der Waals surface area contributed by atoms with Gasteiger partial charge in [0.25, 0.3) is 0 Å². The highest BCUT2D eigenvalue weighted by Gasteiger charge is 2.42. The van der Waals surface area contributed by atoms with E-state index in [4.69, 9.17) is 4.74 Å². The molecule has 1 aliphatic carbocycles. The van der Waals surface area contributed by atoms with Gasteiger partial charge >= 0.3 is 0 Å². The molecule has 2 nitrogen and oxygen atoms in total. The van der Waals surface area contributed by atoms with Gasteiger partial charge in [0.15, 0.2) is 0 Å². The van der Waals surface area contributed by atoms with E-state index >= 15 is 0 Å². The standard InChI is InChI=1S/C11H11BrO2/c12-9-6-8(11(13)2-3-11)5-7-1-4-14-10(7)9/h5-6,13H,1-4H2. The Balaban J connectivity index is 2.12. The molecule has 0 radical (unpaired) electrons. The lowest BCUT2D eigenvalue weighted by molar-refractivity contribution is 0.151. The number of halogens is 1. The van der Waals surface area contributed by atoms with Crippen LogP contribution in [0, 0.1) is 0 Å². The molecule has 0 aromatic heterocycles. The van der Waals surface area contributed by atoms with Crippen LogP contribution in [0.1, 0.15) is 24.0 Å². The van der Waals surface area contributed by atoms with E-state index in [1.54, 1.807) is 0 Å². The molecule has 1 heterocycles. The Morgan fingerprint density at radius 1 is 1.36 bits per heavy atom. The molecule has 0 amide bonds. The molecule has 0 bridgehead atoms. The monoisotopic (exact) mass is 254 g/mol. The summed E-state index contributed by atoms with van der Waals surface area (Å²) in [7, 11) is 0. The lowest BCUT2D eigenvalue weighted by Crippen LogP contribution is -2.04. The summed E-state index contributed by atoms with van der Waals surface area (Å²) in [6, 6.07) is 4.07. The second-order valence-electron chi connectivity index (χ2n) is 4.08. The maximum absolute atomic E-state index is 9.99. The fourth-order valence-corrected chi connectivity index (χ4v) is 2.55. The Hall–Kier alpha value is -0.540. The van der Waals surface area contributed by atoms with E-state index in [0.717, 1.165) is 41.7 Å². The highest BCUT2D eigenvalue weighted by atomic mass is 79.9. The van der Waals surface area contributed by atoms with Gasteiger partial charge in [-0.1, -0.05) is 0 Å². The lowest BCUT2D eigenvalue weighted by atomic mass is 10.0. The molecule has 3 heteroatoms. The number of fused-ring (bicyclic) bond motifs is 1. The number of benzene rings is 1. The molecule has 0 unspecified atom stereocenters. The van der Waals surface area contributed by atoms with Crippen LogP contribution >= 0.6 is 15.9 Å². The van der Waals surface area contributed by atoms with E-state index < -0.39 is 5.60 Å². The largest absolute Gasteiger partial charge is 0.492 e. The minimum atomic E-state index is -0.542. The van der Waals surface area contributed by atoms with Gasteiger partial charge in [-0.3, -0.25) is 0 Å². The summed E-state index contributed by atoms with van der Waals surface area (Å²) in [5.41, 5.74) is 1.71. The van der Waals surface area contributed by atoms with E-state index in [-0.39, 0.29) is 0 Å². The second kappa shape index (κ2) is 2.74. The van der Waals surface area contributed by atoms with Gasteiger partial charge in [-0.15, -0.1) is 0 Å². The third-order valence-electron chi connectivity index (χ3n) is 3.00. The highest BCUT2D eigenvalue weighted by Crippen LogP contribution is 2.48. The van der Waals surface area contributed by atoms with E-state index in [0.29, 0.717) is 0 Å². The first kappa shape index (κ1) is 8.74. The highest BCUT2D eigenvalue weighted by molar-refractivity contribution is 9.10. The van der Waals surface area contributed by atoms with Gasteiger partial charge in [0.1, 0.15) is 5.75 Å². The topological polar surface area (TPSA) is 29.5 Å². The van der Waals surface area contributed by atoms with Crippen molar-refractivity contribution in [2.45, 2.75) is 24.9 Å². The Morgan fingerprint density at radius 2 is 2.14 bits per heavy atom. The van der Waals surface area contributed by atoms with Gasteiger partial charge in [-0.05, 0) is 52.0 Å². The fraction of sp³-hybridized carbons (Fsp3) is 0.455. The number of aliphatic hydroxyl groups is 1. The molecule has 1 aromatic carbocycles. The minimum Gasteiger partial charge on any atom is -0.492 e. The third-order valence-corrected chi connectivity index (χ3v) is 3.59. The van der Waals surface area contributed by atoms with Crippen LogP contribution in [0.15, 0.2) is 16.6 Å². The van der Waals surface area contributed by atoms with Crippen LogP contribution in [0.4, 0.5) is 0 Å². The molecule has 0 spiro atoms. The summed E-state index contributed by atoms with van der Waals surface area (Å²) in [4.78, 5) is 0. The molecule has 3 rings (SSSR count). The molecule has 2 aliphatic rings. The Bertz CT molecular complexity index is 397. The van der Waals surface area contributed by atoms with Gasteiger partial charge in [0.05, 0.1) is 16.7 Å². The van der Waals surface area contributed by atoms with Crippen LogP contribution in [0.3, 0.4) is 0 Å². The van der Waals surface area contributed by atoms with Crippen molar-refractivity contribution in [3.8, 4) is 5.75 Å². The Labute approximate surface area is 91.0 Å². The zero-order valence-electron chi connectivity index (χ0n) is 7.72. The number of hydrogen-bond donors (Lipinski definition) is 1. The van der Waals surface area contributed by atoms with Crippen LogP contribution in [0.5, 0.6) is 5.75 Å². The van der Waals surface area contributed by atoms with E-state index in [1.807, 2.05) is 6.07 Å². The molecule has 0 atom stereocenters. The van der Waals surface area contributed by atoms with Crippen molar-refractivity contribution in [3.05, 3.63) is 27.7 Å². The molecule has 74 valence electrons. The minimum absolute atomic E-state index is 0.542. The molecular weight excluding hydrogens is 244 g/mol. The first-order valence-electron chi connectivity index (χ1n) is 4.87. The molecule has 14 heavy (non-hydrogen) atoms. The maximum atomic E-state index is 9.99. The summed E-state index contributed by atoms with van der Waals surface area (Å²) in [5, 5.41) is 9.99. The van der Waals surface area contributed by atoms with Crippen molar-refractivity contribution in [2.75, 3.05) is 6.61 Å². The quantitative estimate of drug-likeness (QED) is 0.834. The van der Waals surface area contributed by atoms with Crippen molar-refractivity contribution < 1.29 is 9.84 Å². The smallest absolute Gasteiger partial charge is 0.136 e. The molecule has 0 saturated heterocycles. The van der Waals surface area contributed by atoms with Crippen LogP contribution in [-0.2, 0) is 12.0 Å². The normalized spacial score (nSPS) is 21.6. The van der Waals surface area contributed by atoms with Crippen molar-refractivity contribution in [1.82, 2.24) is 0 Å². The molecule has 1 saturated carbocycles. The summed E-state index contributed by atoms with van der Waals surface area (Å²) < 4.78 is 6.46. The molecule has 1 N–H and O–H groups in total. The van der Waals surface area contributed by atoms with Crippen LogP contribution in [0.25, 0.3) is 0 Å². The summed E-state index contributed by atoms with van der Waals surface area (Å²) >= 11 is 3.48. The number of hydrogen-bond acceptors (Lipinski definition) is 2. The number of ether oxygens (including phenoxy) is 1. The first-order chi connectivity index (χ1) is 6.69. The second-order valence-corrected chi connectivity index (χ2v) is 4.93. The Morgan fingerprint density at radius 3 is 2.86 bits per heavy atom. The third kappa shape index (κ3) is 1.19. The van der Waals surface area contributed by atoms with Crippen molar-refractivity contribution in [3.63, 3.8) is 0 Å². The van der Waals surface area contributed by atoms with Crippen LogP contribution < -0.4 is 4.74 Å². The SMILES string of the molecule is OC1(c2cc(Br)c3c(c2)CCO3)CC1. The van der Waals surface area contributed by atoms with Gasteiger partial charge in [-0.2, -0.15) is 0 Å². The van der Waals surface area contributed by atoms with Crippen molar-refractivity contribution in [2.24, 2.45) is 0 Å². The zero-order valence-corrected chi connectivity index (χ0v) is 9.30. The predicted octanol–water partition coefficient (Wildman–Crippen LogP) is 2.37. The zero-order chi connectivity index (χ0) is 9.76. The van der Waals surface area contributed by atoms with Crippen LogP contribution in [-0.4, -0.2) is 11.7 Å². The average molecular weight is 255 g/mol. The van der Waals surface area contributed by atoms with Crippen molar-refractivity contribution in [1.29, 1.82) is 0 Å². The lowest BCUT2D eigenvalue weighted by Gasteiger charge is -2.11. The molecule has 1 aliphatic heterocycles. The van der Waals surface area contributed by atoms with Crippen LogP contribution in [0.2, 0.25) is 0 Å². The van der Waals surface area contributed by atoms with Gasteiger partial charge in [-0.25, -0.2) is 0 Å². The molecule has 1 aromatic rings. The predicted molar refractivity (Wildman–Crippen MR) is 56.5 cm³/mol. The van der Waals surface area contributed by atoms with Gasteiger partial charge in [0.2, 0.25) is 0 Å². The van der Waals surface area contributed by atoms with E-state index in [2.05, 4.69) is 22.0 Å². The first-order valence-corrected chi connectivity index (χ1v) is 5.66. The van der Waals surface area contributed by atoms with Crippen molar-refractivity contribution >= 4 is 15.9 Å². The fourth-order valence-electron chi connectivity index (χ4n) is 1.94. The van der Waals surface area contributed by atoms with Gasteiger partial charge in [0, 0.05) is 6.42 Å². The molecule has 1 fully saturated rings. The van der Waals surface area contributed by atoms with E-state index in [1.165, 1.54) is 5.56 Å². The van der Waals surface area contributed by atoms with Gasteiger partial charge < -0.3 is 9.84 Å². The summed E-state index contributed by atoms with van der Waals surface area (Å²) in [6.07, 6.45) is 2.73. The number of rotatable bonds is 1. The average Bonchev–Trinajstić information content (AvgIpc) is 2.75. The Kier molecular flexibility index (Phi) is 1.71. The van der Waals surface area contributed by atoms with E-state index in [9.17, 15) is 5.11 Å². The molecular formula is C11H11BrO2. The maximum Gasteiger partial charge on any atom is 0.136 e.